The Hall–Kier alpha value is -0.530. The minimum Gasteiger partial charge on any atom is -0.371 e. The van der Waals surface area contributed by atoms with Crippen molar-refractivity contribution in [2.75, 3.05) is 0 Å². The van der Waals surface area contributed by atoms with Crippen molar-refractivity contribution in [1.82, 2.24) is 0 Å². The van der Waals surface area contributed by atoms with Crippen molar-refractivity contribution in [3.8, 4) is 0 Å². The van der Waals surface area contributed by atoms with Gasteiger partial charge in [0.15, 0.2) is 0 Å². The van der Waals surface area contributed by atoms with Gasteiger partial charge in [-0.3, -0.25) is 0 Å². The van der Waals surface area contributed by atoms with Gasteiger partial charge >= 0.3 is 12.4 Å². The number of hydrogen-bond donors (Lipinski definition) is 1. The smallest absolute Gasteiger partial charge is 0.371 e. The van der Waals surface area contributed by atoms with Crippen LogP contribution in [0.1, 0.15) is 6.92 Å². The van der Waals surface area contributed by atoms with E-state index < -0.39 is 24.1 Å². The molecule has 0 saturated carbocycles. The van der Waals surface area contributed by atoms with E-state index in [-0.39, 0.29) is 6.92 Å². The fraction of sp³-hybridized carbons (Fsp3) is 1.00. The summed E-state index contributed by atoms with van der Waals surface area (Å²) >= 11 is 0. The third-order valence-electron chi connectivity index (χ3n) is 1.44. The molecule has 0 fully saturated rings. The molecule has 0 saturated heterocycles. The fourth-order valence-electron chi connectivity index (χ4n) is 0.612. The molecule has 0 aromatic carbocycles. The van der Waals surface area contributed by atoms with Crippen molar-refractivity contribution in [2.45, 2.75) is 31.0 Å². The van der Waals surface area contributed by atoms with Crippen LogP contribution in [0.25, 0.3) is 0 Å². The molecular formula is C5H5F7O. The summed E-state index contributed by atoms with van der Waals surface area (Å²) in [5.74, 6) is 0. The van der Waals surface area contributed by atoms with Crippen molar-refractivity contribution in [2.24, 2.45) is 0 Å². The quantitative estimate of drug-likeness (QED) is 0.663. The maximum atomic E-state index is 12.1. The van der Waals surface area contributed by atoms with Gasteiger partial charge in [0.05, 0.1) is 0 Å². The molecule has 0 radical (unpaired) electrons. The summed E-state index contributed by atoms with van der Waals surface area (Å²) in [6.45, 7) is -0.0129. The van der Waals surface area contributed by atoms with Crippen LogP contribution < -0.4 is 0 Å². The summed E-state index contributed by atoms with van der Waals surface area (Å²) < 4.78 is 81.9. The van der Waals surface area contributed by atoms with Crippen LogP contribution in [-0.4, -0.2) is 29.2 Å². The zero-order valence-corrected chi connectivity index (χ0v) is 6.17. The molecule has 13 heavy (non-hydrogen) atoms. The number of hydrogen-bond acceptors (Lipinski definition) is 1. The van der Waals surface area contributed by atoms with Crippen molar-refractivity contribution >= 4 is 0 Å². The first-order chi connectivity index (χ1) is 5.44. The minimum atomic E-state index is -6.08. The molecule has 0 aliphatic rings. The van der Waals surface area contributed by atoms with Crippen molar-refractivity contribution in [3.05, 3.63) is 0 Å². The molecule has 1 atom stereocenters. The lowest BCUT2D eigenvalue weighted by Crippen LogP contribution is -2.62. The Labute approximate surface area is 68.2 Å². The third-order valence-corrected chi connectivity index (χ3v) is 1.44. The minimum absolute atomic E-state index is 0.0129. The molecule has 8 heteroatoms. The molecule has 1 N–H and O–H groups in total. The van der Waals surface area contributed by atoms with E-state index in [1.165, 1.54) is 0 Å². The maximum absolute atomic E-state index is 12.1. The van der Waals surface area contributed by atoms with Crippen LogP contribution >= 0.6 is 0 Å². The molecule has 0 heterocycles. The van der Waals surface area contributed by atoms with Crippen LogP contribution in [0.2, 0.25) is 0 Å². The highest BCUT2D eigenvalue weighted by molar-refractivity contribution is 4.98. The Morgan fingerprint density at radius 1 is 0.923 bits per heavy atom. The first-order valence-corrected chi connectivity index (χ1v) is 2.94. The molecule has 80 valence electrons. The molecule has 0 aromatic heterocycles. The first kappa shape index (κ1) is 12.5. The Balaban J connectivity index is 5.22. The highest BCUT2D eigenvalue weighted by Gasteiger charge is 2.73. The van der Waals surface area contributed by atoms with E-state index in [0.29, 0.717) is 0 Å². The summed E-state index contributed by atoms with van der Waals surface area (Å²) in [6, 6.07) is 0. The first-order valence-electron chi connectivity index (χ1n) is 2.94. The Morgan fingerprint density at radius 2 is 1.15 bits per heavy atom. The van der Waals surface area contributed by atoms with Crippen molar-refractivity contribution < 1.29 is 35.8 Å². The van der Waals surface area contributed by atoms with Crippen LogP contribution in [0.15, 0.2) is 0 Å². The van der Waals surface area contributed by atoms with Gasteiger partial charge in [-0.2, -0.15) is 26.3 Å². The maximum Gasteiger partial charge on any atom is 0.429 e. The van der Waals surface area contributed by atoms with Gasteiger partial charge in [0.25, 0.3) is 5.60 Å². The van der Waals surface area contributed by atoms with Gasteiger partial charge in [-0.15, -0.1) is 0 Å². The van der Waals surface area contributed by atoms with Gasteiger partial charge < -0.3 is 5.11 Å². The van der Waals surface area contributed by atoms with Crippen LogP contribution in [0.4, 0.5) is 30.7 Å². The second-order valence-electron chi connectivity index (χ2n) is 2.38. The normalized spacial score (nSPS) is 17.3. The van der Waals surface area contributed by atoms with E-state index in [9.17, 15) is 30.7 Å². The predicted octanol–water partition coefficient (Wildman–Crippen LogP) is 2.20. The van der Waals surface area contributed by atoms with E-state index in [1.807, 2.05) is 0 Å². The largest absolute Gasteiger partial charge is 0.429 e. The lowest BCUT2D eigenvalue weighted by atomic mass is 9.98. The zero-order chi connectivity index (χ0) is 11.1. The molecule has 1 unspecified atom stereocenters. The van der Waals surface area contributed by atoms with E-state index in [1.54, 1.807) is 0 Å². The molecule has 1 nitrogen and oxygen atoms in total. The monoisotopic (exact) mass is 214 g/mol. The number of aliphatic hydroxyl groups is 1. The molecule has 0 amide bonds. The van der Waals surface area contributed by atoms with E-state index in [0.717, 1.165) is 0 Å². The Bertz CT molecular complexity index is 164. The lowest BCUT2D eigenvalue weighted by Gasteiger charge is -2.33. The summed E-state index contributed by atoms with van der Waals surface area (Å²) in [4.78, 5) is 0. The van der Waals surface area contributed by atoms with Crippen LogP contribution in [0.5, 0.6) is 0 Å². The molecule has 0 bridgehead atoms. The van der Waals surface area contributed by atoms with Crippen LogP contribution in [0.3, 0.4) is 0 Å². The highest BCUT2D eigenvalue weighted by Crippen LogP contribution is 2.45. The van der Waals surface area contributed by atoms with E-state index in [2.05, 4.69) is 0 Å². The molecule has 0 spiro atoms. The molecule has 0 aromatic rings. The second kappa shape index (κ2) is 3.00. The zero-order valence-electron chi connectivity index (χ0n) is 6.17. The molecule has 0 rings (SSSR count). The summed E-state index contributed by atoms with van der Waals surface area (Å²) in [6.07, 6.45) is -15.6. The summed E-state index contributed by atoms with van der Waals surface area (Å²) in [7, 11) is 0. The Morgan fingerprint density at radius 3 is 1.15 bits per heavy atom. The molecule has 0 aliphatic carbocycles. The van der Waals surface area contributed by atoms with E-state index in [4.69, 9.17) is 5.11 Å². The fourth-order valence-corrected chi connectivity index (χ4v) is 0.612. The topological polar surface area (TPSA) is 20.2 Å². The number of rotatable bonds is 1. The highest BCUT2D eigenvalue weighted by atomic mass is 19.4. The van der Waals surface area contributed by atoms with E-state index >= 15 is 0 Å². The average Bonchev–Trinajstić information content (AvgIpc) is 1.80. The average molecular weight is 214 g/mol. The molecule has 0 aliphatic heterocycles. The molecular weight excluding hydrogens is 209 g/mol. The Kier molecular flexibility index (Phi) is 2.88. The van der Waals surface area contributed by atoms with Crippen LogP contribution in [0, 0.1) is 0 Å². The van der Waals surface area contributed by atoms with Crippen LogP contribution in [-0.2, 0) is 0 Å². The predicted molar refractivity (Wildman–Crippen MR) is 27.6 cm³/mol. The number of halogens is 7. The summed E-state index contributed by atoms with van der Waals surface area (Å²) in [5, 5.41) is 8.14. The van der Waals surface area contributed by atoms with Gasteiger partial charge in [-0.1, -0.05) is 0 Å². The van der Waals surface area contributed by atoms with Crippen molar-refractivity contribution in [1.29, 1.82) is 0 Å². The van der Waals surface area contributed by atoms with Gasteiger partial charge in [0.2, 0.25) is 0 Å². The van der Waals surface area contributed by atoms with Gasteiger partial charge in [-0.25, -0.2) is 4.39 Å². The van der Waals surface area contributed by atoms with Gasteiger partial charge in [0.1, 0.15) is 6.17 Å². The lowest BCUT2D eigenvalue weighted by molar-refractivity contribution is -0.382. The van der Waals surface area contributed by atoms with Gasteiger partial charge in [0, 0.05) is 0 Å². The number of alkyl halides is 7. The SMILES string of the molecule is CC(F)C(O)(C(F)(F)F)C(F)(F)F. The van der Waals surface area contributed by atoms with Crippen molar-refractivity contribution in [3.63, 3.8) is 0 Å². The standard InChI is InChI=1S/C5H5F7O/c1-2(6)3(13,4(7,8)9)5(10,11)12/h2,13H,1H3. The third kappa shape index (κ3) is 1.87. The second-order valence-corrected chi connectivity index (χ2v) is 2.38. The summed E-state index contributed by atoms with van der Waals surface area (Å²) in [5.41, 5.74) is -5.29. The van der Waals surface area contributed by atoms with Gasteiger partial charge in [-0.05, 0) is 6.92 Å².